The van der Waals surface area contributed by atoms with E-state index in [-0.39, 0.29) is 17.0 Å². The van der Waals surface area contributed by atoms with E-state index in [1.165, 1.54) is 18.6 Å². The molecule has 0 aromatic heterocycles. The van der Waals surface area contributed by atoms with Gasteiger partial charge in [0.05, 0.1) is 11.1 Å². The fourth-order valence-corrected chi connectivity index (χ4v) is 3.18. The first-order valence-corrected chi connectivity index (χ1v) is 7.42. The Morgan fingerprint density at radius 2 is 1.94 bits per heavy atom. The topological polar surface area (TPSA) is 29.1 Å². The summed E-state index contributed by atoms with van der Waals surface area (Å²) < 4.78 is 13.6. The number of alkyl halides is 1. The Morgan fingerprint density at radius 3 is 2.56 bits per heavy atom. The number of rotatable bonds is 3. The highest BCUT2D eigenvalue weighted by Crippen LogP contribution is 2.30. The summed E-state index contributed by atoms with van der Waals surface area (Å²) in [5, 5.41) is 3.74. The molecule has 0 atom stereocenters. The zero-order chi connectivity index (χ0) is 13.0. The van der Waals surface area contributed by atoms with E-state index >= 15 is 0 Å². The van der Waals surface area contributed by atoms with E-state index in [1.807, 2.05) is 0 Å². The third kappa shape index (κ3) is 2.91. The van der Waals surface area contributed by atoms with Crippen LogP contribution in [-0.4, -0.2) is 16.8 Å². The monoisotopic (exact) mass is 313 g/mol. The molecular weight excluding hydrogens is 297 g/mol. The molecule has 0 spiro atoms. The first kappa shape index (κ1) is 13.5. The molecule has 1 aliphatic carbocycles. The molecule has 1 amide bonds. The van der Waals surface area contributed by atoms with Gasteiger partial charge in [0, 0.05) is 5.33 Å². The van der Waals surface area contributed by atoms with E-state index in [9.17, 15) is 9.18 Å². The first-order chi connectivity index (χ1) is 8.67. The largest absolute Gasteiger partial charge is 0.346 e. The summed E-state index contributed by atoms with van der Waals surface area (Å²) in [6.07, 6.45) is 5.35. The Bertz CT molecular complexity index is 430. The van der Waals surface area contributed by atoms with Crippen molar-refractivity contribution in [2.45, 2.75) is 37.6 Å². The smallest absolute Gasteiger partial charge is 0.254 e. The van der Waals surface area contributed by atoms with Crippen LogP contribution in [0.5, 0.6) is 0 Å². The standard InChI is InChI=1S/C14H17BrFNO/c15-10-14(8-4-1-5-9-14)17-13(18)11-6-2-3-7-12(11)16/h2-3,6-7H,1,4-5,8-10H2,(H,17,18). The van der Waals surface area contributed by atoms with Gasteiger partial charge < -0.3 is 5.32 Å². The maximum atomic E-state index is 13.6. The highest BCUT2D eigenvalue weighted by molar-refractivity contribution is 9.09. The fraction of sp³-hybridized carbons (Fsp3) is 0.500. The van der Waals surface area contributed by atoms with Crippen molar-refractivity contribution in [3.8, 4) is 0 Å². The molecule has 1 saturated carbocycles. The van der Waals surface area contributed by atoms with Gasteiger partial charge >= 0.3 is 0 Å². The Balaban J connectivity index is 2.13. The second-order valence-corrected chi connectivity index (χ2v) is 5.47. The quantitative estimate of drug-likeness (QED) is 0.848. The van der Waals surface area contributed by atoms with Crippen molar-refractivity contribution in [1.29, 1.82) is 0 Å². The molecule has 0 bridgehead atoms. The number of carbonyl (C=O) groups excluding carboxylic acids is 1. The number of nitrogens with one attached hydrogen (secondary N) is 1. The number of halogens is 2. The van der Waals surface area contributed by atoms with E-state index in [0.29, 0.717) is 0 Å². The van der Waals surface area contributed by atoms with Crippen LogP contribution in [0.3, 0.4) is 0 Å². The molecule has 1 fully saturated rings. The molecule has 0 heterocycles. The third-order valence-corrected chi connectivity index (χ3v) is 4.64. The Hall–Kier alpha value is -0.900. The molecule has 4 heteroatoms. The van der Waals surface area contributed by atoms with Gasteiger partial charge in [0.2, 0.25) is 0 Å². The molecule has 0 radical (unpaired) electrons. The lowest BCUT2D eigenvalue weighted by atomic mass is 9.83. The first-order valence-electron chi connectivity index (χ1n) is 6.30. The van der Waals surface area contributed by atoms with E-state index in [0.717, 1.165) is 31.0 Å². The molecule has 1 aromatic rings. The molecule has 0 unspecified atom stereocenters. The number of benzene rings is 1. The van der Waals surface area contributed by atoms with Crippen LogP contribution in [-0.2, 0) is 0 Å². The SMILES string of the molecule is O=C(NC1(CBr)CCCCC1)c1ccccc1F. The van der Waals surface area contributed by atoms with Crippen LogP contribution in [0.25, 0.3) is 0 Å². The maximum absolute atomic E-state index is 13.6. The Labute approximate surface area is 115 Å². The van der Waals surface area contributed by atoms with Gasteiger partial charge in [-0.25, -0.2) is 4.39 Å². The highest BCUT2D eigenvalue weighted by atomic mass is 79.9. The predicted octanol–water partition coefficient (Wildman–Crippen LogP) is 3.65. The number of amides is 1. The second kappa shape index (κ2) is 5.83. The van der Waals surface area contributed by atoms with Crippen molar-refractivity contribution in [2.75, 3.05) is 5.33 Å². The molecule has 1 N–H and O–H groups in total. The average molecular weight is 314 g/mol. The highest BCUT2D eigenvalue weighted by Gasteiger charge is 2.33. The molecule has 0 saturated heterocycles. The molecule has 0 aliphatic heterocycles. The van der Waals surface area contributed by atoms with Crippen molar-refractivity contribution in [2.24, 2.45) is 0 Å². The van der Waals surface area contributed by atoms with Gasteiger partial charge in [0.25, 0.3) is 5.91 Å². The van der Waals surface area contributed by atoms with E-state index < -0.39 is 5.82 Å². The minimum absolute atomic E-state index is 0.128. The summed E-state index contributed by atoms with van der Waals surface area (Å²) in [5.41, 5.74) is -0.0826. The number of carbonyl (C=O) groups is 1. The van der Waals surface area contributed by atoms with Crippen LogP contribution in [0.1, 0.15) is 42.5 Å². The number of hydrogen-bond donors (Lipinski definition) is 1. The third-order valence-electron chi connectivity index (χ3n) is 3.56. The molecule has 1 aliphatic rings. The van der Waals surface area contributed by atoms with Crippen LogP contribution < -0.4 is 5.32 Å². The summed E-state index contributed by atoms with van der Waals surface area (Å²) in [4.78, 5) is 12.1. The average Bonchev–Trinajstić information content (AvgIpc) is 2.40. The second-order valence-electron chi connectivity index (χ2n) is 4.91. The number of hydrogen-bond acceptors (Lipinski definition) is 1. The lowest BCUT2D eigenvalue weighted by Crippen LogP contribution is -2.51. The Kier molecular flexibility index (Phi) is 4.38. The summed E-state index contributed by atoms with van der Waals surface area (Å²) in [5.74, 6) is -0.773. The van der Waals surface area contributed by atoms with Crippen molar-refractivity contribution < 1.29 is 9.18 Å². The molecule has 98 valence electrons. The van der Waals surface area contributed by atoms with Crippen LogP contribution >= 0.6 is 15.9 Å². The van der Waals surface area contributed by atoms with Gasteiger partial charge in [-0.15, -0.1) is 0 Å². The normalized spacial score (nSPS) is 18.3. The molecule has 2 rings (SSSR count). The zero-order valence-electron chi connectivity index (χ0n) is 10.2. The lowest BCUT2D eigenvalue weighted by Gasteiger charge is -2.36. The zero-order valence-corrected chi connectivity index (χ0v) is 11.8. The van der Waals surface area contributed by atoms with Gasteiger partial charge in [-0.05, 0) is 25.0 Å². The summed E-state index contributed by atoms with van der Waals surface area (Å²) in [6.45, 7) is 0. The maximum Gasteiger partial charge on any atom is 0.254 e. The van der Waals surface area contributed by atoms with Gasteiger partial charge in [-0.2, -0.15) is 0 Å². The van der Waals surface area contributed by atoms with Gasteiger partial charge in [0.15, 0.2) is 0 Å². The summed E-state index contributed by atoms with van der Waals surface area (Å²) >= 11 is 3.48. The predicted molar refractivity (Wildman–Crippen MR) is 73.5 cm³/mol. The minimum atomic E-state index is -0.462. The van der Waals surface area contributed by atoms with E-state index in [4.69, 9.17) is 0 Å². The van der Waals surface area contributed by atoms with E-state index in [1.54, 1.807) is 12.1 Å². The summed E-state index contributed by atoms with van der Waals surface area (Å²) in [6, 6.07) is 6.11. The van der Waals surface area contributed by atoms with Gasteiger partial charge in [-0.3, -0.25) is 4.79 Å². The van der Waals surface area contributed by atoms with Gasteiger partial charge in [-0.1, -0.05) is 47.3 Å². The fourth-order valence-electron chi connectivity index (χ4n) is 2.47. The van der Waals surface area contributed by atoms with Crippen LogP contribution in [0.4, 0.5) is 4.39 Å². The van der Waals surface area contributed by atoms with Crippen LogP contribution in [0, 0.1) is 5.82 Å². The van der Waals surface area contributed by atoms with Crippen LogP contribution in [0.2, 0.25) is 0 Å². The van der Waals surface area contributed by atoms with Crippen molar-refractivity contribution in [3.05, 3.63) is 35.6 Å². The molecule has 18 heavy (non-hydrogen) atoms. The molecule has 1 aromatic carbocycles. The molecule has 2 nitrogen and oxygen atoms in total. The summed E-state index contributed by atoms with van der Waals surface area (Å²) in [7, 11) is 0. The Morgan fingerprint density at radius 1 is 1.28 bits per heavy atom. The lowest BCUT2D eigenvalue weighted by molar-refractivity contribution is 0.0882. The minimum Gasteiger partial charge on any atom is -0.346 e. The van der Waals surface area contributed by atoms with Gasteiger partial charge in [0.1, 0.15) is 5.82 Å². The van der Waals surface area contributed by atoms with Crippen LogP contribution in [0.15, 0.2) is 24.3 Å². The van der Waals surface area contributed by atoms with E-state index in [2.05, 4.69) is 21.2 Å². The van der Waals surface area contributed by atoms with Crippen molar-refractivity contribution in [3.63, 3.8) is 0 Å². The van der Waals surface area contributed by atoms with Crippen molar-refractivity contribution in [1.82, 2.24) is 5.32 Å². The van der Waals surface area contributed by atoms with Crippen molar-refractivity contribution >= 4 is 21.8 Å². The molecular formula is C14H17BrFNO.